The van der Waals surface area contributed by atoms with Gasteiger partial charge in [0.25, 0.3) is 10.1 Å². The summed E-state index contributed by atoms with van der Waals surface area (Å²) < 4.78 is 29.6. The molecule has 0 aliphatic carbocycles. The van der Waals surface area contributed by atoms with E-state index >= 15 is 0 Å². The molecular formula is C17H20O4S. The minimum Gasteiger partial charge on any atom is -0.395 e. The van der Waals surface area contributed by atoms with Crippen molar-refractivity contribution in [1.29, 1.82) is 0 Å². The molecule has 0 aliphatic heterocycles. The van der Waals surface area contributed by atoms with Gasteiger partial charge < -0.3 is 5.11 Å². The maximum atomic E-state index is 12.2. The number of hydrogen-bond acceptors (Lipinski definition) is 4. The molecule has 5 heteroatoms. The molecular weight excluding hydrogens is 300 g/mol. The summed E-state index contributed by atoms with van der Waals surface area (Å²) in [4.78, 5) is 0.117. The van der Waals surface area contributed by atoms with Crippen LogP contribution in [0.3, 0.4) is 0 Å². The van der Waals surface area contributed by atoms with Crippen LogP contribution in [0.1, 0.15) is 18.1 Å². The zero-order valence-corrected chi connectivity index (χ0v) is 13.5. The molecule has 2 aromatic rings. The molecule has 2 rings (SSSR count). The zero-order chi connectivity index (χ0) is 16.2. The highest BCUT2D eigenvalue weighted by molar-refractivity contribution is 7.86. The van der Waals surface area contributed by atoms with Crippen LogP contribution in [0.25, 0.3) is 0 Å². The lowest BCUT2D eigenvalue weighted by molar-refractivity contribution is 0.145. The molecule has 22 heavy (non-hydrogen) atoms. The van der Waals surface area contributed by atoms with Gasteiger partial charge in [-0.15, -0.1) is 0 Å². The Morgan fingerprint density at radius 3 is 2.18 bits per heavy atom. The van der Waals surface area contributed by atoms with Gasteiger partial charge in [0.15, 0.2) is 0 Å². The van der Waals surface area contributed by atoms with E-state index in [9.17, 15) is 13.5 Å². The minimum atomic E-state index is -3.84. The summed E-state index contributed by atoms with van der Waals surface area (Å²) in [5.74, 6) is 0. The molecule has 0 bridgehead atoms. The quantitative estimate of drug-likeness (QED) is 0.831. The molecule has 0 radical (unpaired) electrons. The summed E-state index contributed by atoms with van der Waals surface area (Å²) in [5, 5.41) is 9.67. The Labute approximate surface area is 131 Å². The standard InChI is InChI=1S/C17H20O4S/c1-14-8-10-16(11-9-14)22(19,20)21-13-17(2,12-18)15-6-4-3-5-7-15/h3-11,18H,12-13H2,1-2H3/t17-/m1/s1. The van der Waals surface area contributed by atoms with Crippen molar-refractivity contribution >= 4 is 10.1 Å². The van der Waals surface area contributed by atoms with Crippen LogP contribution < -0.4 is 0 Å². The van der Waals surface area contributed by atoms with Gasteiger partial charge in [0.05, 0.1) is 18.1 Å². The maximum absolute atomic E-state index is 12.2. The molecule has 0 heterocycles. The smallest absolute Gasteiger partial charge is 0.297 e. The van der Waals surface area contributed by atoms with Crippen LogP contribution in [-0.2, 0) is 19.7 Å². The first-order valence-corrected chi connectivity index (χ1v) is 8.41. The summed E-state index contributed by atoms with van der Waals surface area (Å²) in [6, 6.07) is 15.7. The predicted octanol–water partition coefficient (Wildman–Crippen LogP) is 2.65. The molecule has 1 atom stereocenters. The summed E-state index contributed by atoms with van der Waals surface area (Å²) >= 11 is 0. The third-order valence-corrected chi connectivity index (χ3v) is 4.94. The van der Waals surface area contributed by atoms with Crippen molar-refractivity contribution in [2.75, 3.05) is 13.2 Å². The van der Waals surface area contributed by atoms with E-state index in [1.165, 1.54) is 12.1 Å². The summed E-state index contributed by atoms with van der Waals surface area (Å²) in [6.07, 6.45) is 0. The van der Waals surface area contributed by atoms with E-state index in [0.29, 0.717) is 0 Å². The van der Waals surface area contributed by atoms with Crippen LogP contribution in [-0.4, -0.2) is 26.7 Å². The van der Waals surface area contributed by atoms with E-state index in [1.807, 2.05) is 37.3 Å². The fraction of sp³-hybridized carbons (Fsp3) is 0.294. The van der Waals surface area contributed by atoms with Gasteiger partial charge in [0, 0.05) is 5.41 Å². The first-order chi connectivity index (χ1) is 10.4. The van der Waals surface area contributed by atoms with Crippen molar-refractivity contribution in [3.63, 3.8) is 0 Å². The minimum absolute atomic E-state index is 0.117. The van der Waals surface area contributed by atoms with Gasteiger partial charge in [-0.2, -0.15) is 8.42 Å². The van der Waals surface area contributed by atoms with E-state index in [-0.39, 0.29) is 18.1 Å². The van der Waals surface area contributed by atoms with Gasteiger partial charge in [-0.25, -0.2) is 0 Å². The van der Waals surface area contributed by atoms with Gasteiger partial charge in [-0.3, -0.25) is 4.18 Å². The van der Waals surface area contributed by atoms with Crippen molar-refractivity contribution in [2.24, 2.45) is 0 Å². The Morgan fingerprint density at radius 2 is 1.64 bits per heavy atom. The van der Waals surface area contributed by atoms with Crippen molar-refractivity contribution < 1.29 is 17.7 Å². The third kappa shape index (κ3) is 3.74. The van der Waals surface area contributed by atoms with E-state index < -0.39 is 15.5 Å². The molecule has 0 amide bonds. The molecule has 118 valence electrons. The van der Waals surface area contributed by atoms with Crippen LogP contribution >= 0.6 is 0 Å². The number of rotatable bonds is 6. The first-order valence-electron chi connectivity index (χ1n) is 7.00. The topological polar surface area (TPSA) is 63.6 Å². The van der Waals surface area contributed by atoms with Crippen molar-refractivity contribution in [3.8, 4) is 0 Å². The summed E-state index contributed by atoms with van der Waals surface area (Å²) in [5.41, 5.74) is 1.03. The zero-order valence-electron chi connectivity index (χ0n) is 12.7. The van der Waals surface area contributed by atoms with Gasteiger partial charge in [-0.05, 0) is 24.6 Å². The van der Waals surface area contributed by atoms with Crippen LogP contribution in [0, 0.1) is 6.92 Å². The van der Waals surface area contributed by atoms with E-state index in [1.54, 1.807) is 19.1 Å². The van der Waals surface area contributed by atoms with Crippen LogP contribution in [0.2, 0.25) is 0 Å². The van der Waals surface area contributed by atoms with Gasteiger partial charge in [-0.1, -0.05) is 55.0 Å². The van der Waals surface area contributed by atoms with E-state index in [2.05, 4.69) is 0 Å². The van der Waals surface area contributed by atoms with Crippen LogP contribution in [0.4, 0.5) is 0 Å². The lowest BCUT2D eigenvalue weighted by Crippen LogP contribution is -2.33. The second-order valence-electron chi connectivity index (χ2n) is 5.61. The third-order valence-electron chi connectivity index (χ3n) is 3.66. The monoisotopic (exact) mass is 320 g/mol. The fourth-order valence-electron chi connectivity index (χ4n) is 2.04. The normalized spacial score (nSPS) is 14.5. The molecule has 1 N–H and O–H groups in total. The Balaban J connectivity index is 2.18. The molecule has 0 aliphatic rings. The average Bonchev–Trinajstić information content (AvgIpc) is 2.54. The number of aryl methyl sites for hydroxylation is 1. The van der Waals surface area contributed by atoms with Crippen molar-refractivity contribution in [3.05, 3.63) is 65.7 Å². The SMILES string of the molecule is Cc1ccc(S(=O)(=O)OC[C@@](C)(CO)c2ccccc2)cc1. The molecule has 2 aromatic carbocycles. The molecule has 0 saturated heterocycles. The Kier molecular flexibility index (Phi) is 5.01. The van der Waals surface area contributed by atoms with Gasteiger partial charge >= 0.3 is 0 Å². The van der Waals surface area contributed by atoms with Gasteiger partial charge in [0.1, 0.15) is 0 Å². The molecule has 0 spiro atoms. The maximum Gasteiger partial charge on any atom is 0.297 e. The molecule has 0 aromatic heterocycles. The van der Waals surface area contributed by atoms with Crippen molar-refractivity contribution in [1.82, 2.24) is 0 Å². The highest BCUT2D eigenvalue weighted by Gasteiger charge is 2.29. The Bertz CT molecular complexity index is 708. The second-order valence-corrected chi connectivity index (χ2v) is 7.23. The lowest BCUT2D eigenvalue weighted by Gasteiger charge is -2.27. The molecule has 4 nitrogen and oxygen atoms in total. The highest BCUT2D eigenvalue weighted by Crippen LogP contribution is 2.25. The number of aliphatic hydroxyl groups is 1. The molecule has 0 fully saturated rings. The van der Waals surface area contributed by atoms with Crippen molar-refractivity contribution in [2.45, 2.75) is 24.2 Å². The first kappa shape index (κ1) is 16.7. The molecule has 0 saturated carbocycles. The Morgan fingerprint density at radius 1 is 1.05 bits per heavy atom. The summed E-state index contributed by atoms with van der Waals surface area (Å²) in [7, 11) is -3.84. The number of hydrogen-bond donors (Lipinski definition) is 1. The van der Waals surface area contributed by atoms with E-state index in [0.717, 1.165) is 11.1 Å². The Hall–Kier alpha value is -1.69. The fourth-order valence-corrected chi connectivity index (χ4v) is 3.06. The average molecular weight is 320 g/mol. The second kappa shape index (κ2) is 6.60. The predicted molar refractivity (Wildman–Crippen MR) is 85.2 cm³/mol. The number of aliphatic hydroxyl groups excluding tert-OH is 1. The molecule has 0 unspecified atom stereocenters. The lowest BCUT2D eigenvalue weighted by atomic mass is 9.84. The van der Waals surface area contributed by atoms with E-state index in [4.69, 9.17) is 4.18 Å². The highest BCUT2D eigenvalue weighted by atomic mass is 32.2. The summed E-state index contributed by atoms with van der Waals surface area (Å²) in [6.45, 7) is 3.33. The van der Waals surface area contributed by atoms with Gasteiger partial charge in [0.2, 0.25) is 0 Å². The van der Waals surface area contributed by atoms with Crippen LogP contribution in [0.15, 0.2) is 59.5 Å². The number of benzene rings is 2. The largest absolute Gasteiger partial charge is 0.395 e. The van der Waals surface area contributed by atoms with Crippen LogP contribution in [0.5, 0.6) is 0 Å².